The van der Waals surface area contributed by atoms with Gasteiger partial charge in [0.05, 0.1) is 6.54 Å². The van der Waals surface area contributed by atoms with Crippen LogP contribution in [0.2, 0.25) is 0 Å². The lowest BCUT2D eigenvalue weighted by molar-refractivity contribution is -0.117. The molecule has 0 N–H and O–H groups in total. The summed E-state index contributed by atoms with van der Waals surface area (Å²) in [6.07, 6.45) is -2.05. The Labute approximate surface area is 95.6 Å². The maximum Gasteiger partial charge on any atom is 0.280 e. The van der Waals surface area contributed by atoms with Gasteiger partial charge in [-0.2, -0.15) is 5.10 Å². The third-order valence-electron chi connectivity index (χ3n) is 3.34. The lowest BCUT2D eigenvalue weighted by atomic mass is 10.1. The van der Waals surface area contributed by atoms with Gasteiger partial charge in [-0.05, 0) is 19.3 Å². The van der Waals surface area contributed by atoms with Crippen LogP contribution in [0.15, 0.2) is 0 Å². The normalized spacial score (nSPS) is 25.1. The minimum Gasteiger partial charge on any atom is -0.298 e. The van der Waals surface area contributed by atoms with Gasteiger partial charge in [0.2, 0.25) is 0 Å². The van der Waals surface area contributed by atoms with Gasteiger partial charge in [0.15, 0.2) is 11.6 Å². The van der Waals surface area contributed by atoms with E-state index < -0.39 is 6.43 Å². The van der Waals surface area contributed by atoms with Gasteiger partial charge in [-0.15, -0.1) is 0 Å². The van der Waals surface area contributed by atoms with Crippen molar-refractivity contribution >= 4 is 11.6 Å². The zero-order valence-corrected chi connectivity index (χ0v) is 9.11. The number of carbonyl (C=O) groups is 2. The predicted molar refractivity (Wildman–Crippen MR) is 53.0 cm³/mol. The molecule has 1 fully saturated rings. The first kappa shape index (κ1) is 10.6. The number of rotatable bonds is 3. The molecule has 1 heterocycles. The molecular formula is C11H10F2N2O2. The number of ketones is 2. The van der Waals surface area contributed by atoms with Crippen molar-refractivity contribution in [3.05, 3.63) is 17.0 Å². The van der Waals surface area contributed by atoms with E-state index in [2.05, 4.69) is 5.10 Å². The van der Waals surface area contributed by atoms with Crippen LogP contribution < -0.4 is 0 Å². The largest absolute Gasteiger partial charge is 0.298 e. The van der Waals surface area contributed by atoms with Crippen molar-refractivity contribution in [2.45, 2.75) is 32.2 Å². The first-order valence-electron chi connectivity index (χ1n) is 5.43. The quantitative estimate of drug-likeness (QED) is 0.808. The molecule has 1 aromatic heterocycles. The summed E-state index contributed by atoms with van der Waals surface area (Å²) >= 11 is 0. The number of carbonyl (C=O) groups excluding carboxylic acids is 2. The van der Waals surface area contributed by atoms with E-state index in [-0.39, 0.29) is 41.3 Å². The number of alkyl halides is 2. The molecule has 0 radical (unpaired) electrons. The van der Waals surface area contributed by atoms with Crippen molar-refractivity contribution in [1.82, 2.24) is 9.78 Å². The maximum atomic E-state index is 13.0. The first-order chi connectivity index (χ1) is 8.00. The van der Waals surface area contributed by atoms with Gasteiger partial charge in [-0.3, -0.25) is 14.3 Å². The van der Waals surface area contributed by atoms with Crippen molar-refractivity contribution in [1.29, 1.82) is 0 Å². The lowest BCUT2D eigenvalue weighted by Gasteiger charge is -2.06. The number of hydrogen-bond donors (Lipinski definition) is 0. The summed E-state index contributed by atoms with van der Waals surface area (Å²) in [5.41, 5.74) is 0.299. The smallest absolute Gasteiger partial charge is 0.280 e. The Morgan fingerprint density at radius 3 is 2.82 bits per heavy atom. The van der Waals surface area contributed by atoms with E-state index >= 15 is 0 Å². The van der Waals surface area contributed by atoms with Gasteiger partial charge in [0, 0.05) is 11.5 Å². The second kappa shape index (κ2) is 3.21. The summed E-state index contributed by atoms with van der Waals surface area (Å²) in [6.45, 7) is 1.11. The van der Waals surface area contributed by atoms with Crippen LogP contribution in [-0.4, -0.2) is 21.3 Å². The van der Waals surface area contributed by atoms with Crippen molar-refractivity contribution in [2.24, 2.45) is 5.92 Å². The number of nitrogens with zero attached hydrogens (tertiary/aromatic N) is 2. The fourth-order valence-electron chi connectivity index (χ4n) is 2.58. The highest BCUT2D eigenvalue weighted by atomic mass is 19.3. The molecule has 90 valence electrons. The van der Waals surface area contributed by atoms with Gasteiger partial charge >= 0.3 is 0 Å². The second-order valence-electron chi connectivity index (χ2n) is 4.62. The molecule has 0 aromatic carbocycles. The fourth-order valence-corrected chi connectivity index (χ4v) is 2.58. The Balaban J connectivity index is 2.12. The highest BCUT2D eigenvalue weighted by Gasteiger charge is 2.56. The van der Waals surface area contributed by atoms with E-state index in [0.29, 0.717) is 12.0 Å². The van der Waals surface area contributed by atoms with Crippen LogP contribution in [0.25, 0.3) is 0 Å². The summed E-state index contributed by atoms with van der Waals surface area (Å²) in [5.74, 6) is -0.610. The molecule has 2 aliphatic rings. The third kappa shape index (κ3) is 1.36. The van der Waals surface area contributed by atoms with Crippen molar-refractivity contribution in [3.63, 3.8) is 0 Å². The van der Waals surface area contributed by atoms with E-state index in [0.717, 1.165) is 4.68 Å². The first-order valence-corrected chi connectivity index (χ1v) is 5.43. The third-order valence-corrected chi connectivity index (χ3v) is 3.34. The van der Waals surface area contributed by atoms with E-state index in [1.165, 1.54) is 6.92 Å². The molecule has 3 rings (SSSR count). The predicted octanol–water partition coefficient (Wildman–Crippen LogP) is 1.71. The van der Waals surface area contributed by atoms with Crippen LogP contribution in [0.4, 0.5) is 8.78 Å². The van der Waals surface area contributed by atoms with Crippen LogP contribution in [0.3, 0.4) is 0 Å². The average Bonchev–Trinajstić information content (AvgIpc) is 2.84. The molecule has 0 spiro atoms. The van der Waals surface area contributed by atoms with Gasteiger partial charge in [0.25, 0.3) is 6.43 Å². The van der Waals surface area contributed by atoms with E-state index in [1.807, 2.05) is 0 Å². The molecule has 0 bridgehead atoms. The molecule has 0 aliphatic heterocycles. The highest BCUT2D eigenvalue weighted by Crippen LogP contribution is 2.57. The van der Waals surface area contributed by atoms with Crippen LogP contribution in [0, 0.1) is 5.92 Å². The molecule has 17 heavy (non-hydrogen) atoms. The molecule has 4 nitrogen and oxygen atoms in total. The summed E-state index contributed by atoms with van der Waals surface area (Å²) < 4.78 is 27.0. The van der Waals surface area contributed by atoms with Crippen LogP contribution >= 0.6 is 0 Å². The number of aromatic nitrogens is 2. The van der Waals surface area contributed by atoms with E-state index in [4.69, 9.17) is 0 Å². The molecule has 2 atom stereocenters. The molecule has 1 saturated carbocycles. The topological polar surface area (TPSA) is 52.0 Å². The molecule has 6 heteroatoms. The van der Waals surface area contributed by atoms with Crippen molar-refractivity contribution in [3.8, 4) is 0 Å². The average molecular weight is 240 g/mol. The second-order valence-corrected chi connectivity index (χ2v) is 4.62. The maximum absolute atomic E-state index is 13.0. The highest BCUT2D eigenvalue weighted by molar-refractivity contribution is 6.04. The Kier molecular flexibility index (Phi) is 1.99. The molecule has 2 aliphatic carbocycles. The lowest BCUT2D eigenvalue weighted by Crippen LogP contribution is -2.13. The van der Waals surface area contributed by atoms with Crippen LogP contribution in [0.1, 0.15) is 47.4 Å². The Morgan fingerprint density at radius 1 is 1.53 bits per heavy atom. The molecular weight excluding hydrogens is 230 g/mol. The Morgan fingerprint density at radius 2 is 2.24 bits per heavy atom. The number of hydrogen-bond acceptors (Lipinski definition) is 3. The SMILES string of the molecule is CC(=O)Cn1nc2c(c1C(F)F)C1CC1C2=O. The summed E-state index contributed by atoms with van der Waals surface area (Å²) in [5, 5.41) is 3.88. The zero-order valence-electron chi connectivity index (χ0n) is 9.11. The summed E-state index contributed by atoms with van der Waals surface area (Å²) in [4.78, 5) is 22.7. The minimum atomic E-state index is -2.70. The molecule has 0 saturated heterocycles. The molecule has 1 aromatic rings. The van der Waals surface area contributed by atoms with Crippen LogP contribution in [-0.2, 0) is 11.3 Å². The van der Waals surface area contributed by atoms with E-state index in [1.54, 1.807) is 0 Å². The monoisotopic (exact) mass is 240 g/mol. The standard InChI is InChI=1S/C11H10F2N2O2/c1-4(16)3-15-9(11(12)13)7-5-2-6(5)10(17)8(7)14-15/h5-6,11H,2-3H2,1H3. The van der Waals surface area contributed by atoms with Gasteiger partial charge in [0.1, 0.15) is 11.4 Å². The van der Waals surface area contributed by atoms with Crippen molar-refractivity contribution in [2.75, 3.05) is 0 Å². The zero-order chi connectivity index (χ0) is 12.3. The number of halogens is 2. The molecule has 0 amide bonds. The van der Waals surface area contributed by atoms with Gasteiger partial charge < -0.3 is 0 Å². The fraction of sp³-hybridized carbons (Fsp3) is 0.545. The van der Waals surface area contributed by atoms with E-state index in [9.17, 15) is 18.4 Å². The van der Waals surface area contributed by atoms with Gasteiger partial charge in [-0.25, -0.2) is 8.78 Å². The van der Waals surface area contributed by atoms with Gasteiger partial charge in [-0.1, -0.05) is 0 Å². The molecule has 2 unspecified atom stereocenters. The number of Topliss-reactive ketones (excluding diaryl/α,β-unsaturated/α-hetero) is 2. The Hall–Kier alpha value is -1.59. The van der Waals surface area contributed by atoms with Crippen molar-refractivity contribution < 1.29 is 18.4 Å². The Bertz CT molecular complexity index is 536. The number of fused-ring (bicyclic) bond motifs is 3. The summed E-state index contributed by atoms with van der Waals surface area (Å²) in [6, 6.07) is 0. The van der Waals surface area contributed by atoms with Crippen LogP contribution in [0.5, 0.6) is 0 Å². The minimum absolute atomic E-state index is 0.0813. The summed E-state index contributed by atoms with van der Waals surface area (Å²) in [7, 11) is 0.